The first-order chi connectivity index (χ1) is 12.1. The number of methoxy groups -OCH3 is 1. The second kappa shape index (κ2) is 7.51. The van der Waals surface area contributed by atoms with E-state index in [4.69, 9.17) is 4.74 Å². The number of hydrogen-bond acceptors (Lipinski definition) is 3. The smallest absolute Gasteiger partial charge is 0.239 e. The largest absolute Gasteiger partial charge is 0.495 e. The topological polar surface area (TPSA) is 67.4 Å². The van der Waals surface area contributed by atoms with E-state index in [9.17, 15) is 18.4 Å². The Bertz CT molecular complexity index is 851. The molecule has 0 heterocycles. The molecule has 2 aromatic carbocycles. The molecular weight excluding hydrogens is 342 g/mol. The number of ether oxygens (including phenoxy) is 1. The summed E-state index contributed by atoms with van der Waals surface area (Å²) in [4.78, 5) is 25.1. The molecule has 0 aliphatic carbocycles. The molecule has 0 saturated heterocycles. The highest BCUT2D eigenvalue weighted by Gasteiger charge is 2.37. The monoisotopic (exact) mass is 362 g/mol. The van der Waals surface area contributed by atoms with Crippen LogP contribution >= 0.6 is 0 Å². The zero-order valence-corrected chi connectivity index (χ0v) is 14.9. The van der Waals surface area contributed by atoms with Crippen LogP contribution in [0.3, 0.4) is 0 Å². The van der Waals surface area contributed by atoms with E-state index in [1.165, 1.54) is 21.0 Å². The zero-order chi connectivity index (χ0) is 19.5. The van der Waals surface area contributed by atoms with Crippen LogP contribution < -0.4 is 15.4 Å². The number of carbonyl (C=O) groups excluding carboxylic acids is 2. The molecule has 0 aliphatic rings. The van der Waals surface area contributed by atoms with Gasteiger partial charge in [0.1, 0.15) is 22.8 Å². The van der Waals surface area contributed by atoms with Crippen molar-refractivity contribution in [3.05, 3.63) is 53.6 Å². The van der Waals surface area contributed by atoms with E-state index in [2.05, 4.69) is 10.6 Å². The lowest BCUT2D eigenvalue weighted by Crippen LogP contribution is -2.41. The summed E-state index contributed by atoms with van der Waals surface area (Å²) in [6.45, 7) is 4.66. The molecule has 0 atom stereocenters. The van der Waals surface area contributed by atoms with Gasteiger partial charge in [-0.25, -0.2) is 8.78 Å². The molecule has 0 saturated carbocycles. The van der Waals surface area contributed by atoms with Gasteiger partial charge in [-0.05, 0) is 50.6 Å². The average molecular weight is 362 g/mol. The van der Waals surface area contributed by atoms with E-state index < -0.39 is 28.9 Å². The summed E-state index contributed by atoms with van der Waals surface area (Å²) >= 11 is 0. The molecule has 2 amide bonds. The van der Waals surface area contributed by atoms with Crippen LogP contribution in [0.4, 0.5) is 20.2 Å². The van der Waals surface area contributed by atoms with Crippen LogP contribution in [0.15, 0.2) is 36.4 Å². The Kier molecular flexibility index (Phi) is 5.59. The number of halogens is 2. The predicted molar refractivity (Wildman–Crippen MR) is 95.1 cm³/mol. The van der Waals surface area contributed by atoms with Crippen molar-refractivity contribution in [2.75, 3.05) is 17.7 Å². The van der Waals surface area contributed by atoms with Crippen molar-refractivity contribution < 1.29 is 23.1 Å². The van der Waals surface area contributed by atoms with Gasteiger partial charge in [0.25, 0.3) is 0 Å². The number of rotatable bonds is 5. The summed E-state index contributed by atoms with van der Waals surface area (Å²) in [6, 6.07) is 8.00. The Morgan fingerprint density at radius 3 is 2.15 bits per heavy atom. The quantitative estimate of drug-likeness (QED) is 0.793. The van der Waals surface area contributed by atoms with E-state index in [1.807, 2.05) is 13.0 Å². The number of benzene rings is 2. The molecule has 0 bridgehead atoms. The molecule has 0 radical (unpaired) electrons. The Labute approximate surface area is 150 Å². The van der Waals surface area contributed by atoms with Crippen LogP contribution in [-0.4, -0.2) is 18.9 Å². The van der Waals surface area contributed by atoms with Crippen LogP contribution in [0.2, 0.25) is 0 Å². The molecule has 2 N–H and O–H groups in total. The maximum absolute atomic E-state index is 13.7. The Morgan fingerprint density at radius 1 is 0.962 bits per heavy atom. The van der Waals surface area contributed by atoms with Gasteiger partial charge in [0.05, 0.1) is 18.5 Å². The van der Waals surface area contributed by atoms with E-state index in [0.717, 1.165) is 17.7 Å². The van der Waals surface area contributed by atoms with Crippen molar-refractivity contribution >= 4 is 23.2 Å². The Hall–Kier alpha value is -2.96. The zero-order valence-electron chi connectivity index (χ0n) is 14.9. The lowest BCUT2D eigenvalue weighted by molar-refractivity contribution is -0.135. The highest BCUT2D eigenvalue weighted by Crippen LogP contribution is 2.28. The van der Waals surface area contributed by atoms with Gasteiger partial charge in [-0.3, -0.25) is 9.59 Å². The van der Waals surface area contributed by atoms with Crippen molar-refractivity contribution in [1.29, 1.82) is 0 Å². The van der Waals surface area contributed by atoms with Crippen LogP contribution in [0, 0.1) is 24.0 Å². The van der Waals surface area contributed by atoms with Crippen LogP contribution in [0.25, 0.3) is 0 Å². The minimum Gasteiger partial charge on any atom is -0.495 e. The van der Waals surface area contributed by atoms with Crippen molar-refractivity contribution in [2.24, 2.45) is 5.41 Å². The fourth-order valence-corrected chi connectivity index (χ4v) is 2.17. The van der Waals surface area contributed by atoms with Crippen LogP contribution in [-0.2, 0) is 9.59 Å². The summed E-state index contributed by atoms with van der Waals surface area (Å²) in [5.41, 5.74) is -0.399. The van der Waals surface area contributed by atoms with Crippen molar-refractivity contribution in [2.45, 2.75) is 20.8 Å². The molecule has 26 heavy (non-hydrogen) atoms. The van der Waals surface area contributed by atoms with E-state index in [0.29, 0.717) is 17.5 Å². The SMILES string of the molecule is COc1ccc(C)cc1NC(=O)C(C)(C)C(=O)Nc1ccc(F)cc1F. The van der Waals surface area contributed by atoms with E-state index >= 15 is 0 Å². The Morgan fingerprint density at radius 2 is 1.58 bits per heavy atom. The third kappa shape index (κ3) is 4.17. The first-order valence-electron chi connectivity index (χ1n) is 7.87. The maximum atomic E-state index is 13.7. The van der Waals surface area contributed by atoms with Gasteiger partial charge < -0.3 is 15.4 Å². The number of carbonyl (C=O) groups is 2. The summed E-state index contributed by atoms with van der Waals surface area (Å²) < 4.78 is 31.9. The molecule has 0 fully saturated rings. The summed E-state index contributed by atoms with van der Waals surface area (Å²) in [5, 5.41) is 4.97. The lowest BCUT2D eigenvalue weighted by atomic mass is 9.90. The van der Waals surface area contributed by atoms with Gasteiger partial charge in [0, 0.05) is 6.07 Å². The lowest BCUT2D eigenvalue weighted by Gasteiger charge is -2.23. The number of aryl methyl sites for hydroxylation is 1. The number of nitrogens with one attached hydrogen (secondary N) is 2. The third-order valence-corrected chi connectivity index (χ3v) is 3.92. The predicted octanol–water partition coefficient (Wildman–Crippen LogP) is 3.89. The van der Waals surface area contributed by atoms with Gasteiger partial charge in [-0.1, -0.05) is 6.07 Å². The van der Waals surface area contributed by atoms with Gasteiger partial charge in [-0.15, -0.1) is 0 Å². The molecule has 7 heteroatoms. The highest BCUT2D eigenvalue weighted by atomic mass is 19.1. The van der Waals surface area contributed by atoms with Crippen LogP contribution in [0.5, 0.6) is 5.75 Å². The number of hydrogen-bond donors (Lipinski definition) is 2. The van der Waals surface area contributed by atoms with Crippen molar-refractivity contribution in [3.8, 4) is 5.75 Å². The summed E-state index contributed by atoms with van der Waals surface area (Å²) in [7, 11) is 1.47. The maximum Gasteiger partial charge on any atom is 0.239 e. The normalized spacial score (nSPS) is 11.0. The van der Waals surface area contributed by atoms with Crippen molar-refractivity contribution in [1.82, 2.24) is 0 Å². The fraction of sp³-hybridized carbons (Fsp3) is 0.263. The highest BCUT2D eigenvalue weighted by molar-refractivity contribution is 6.14. The molecule has 0 aliphatic heterocycles. The van der Waals surface area contributed by atoms with Gasteiger partial charge in [0.2, 0.25) is 11.8 Å². The minimum absolute atomic E-state index is 0.203. The molecule has 0 spiro atoms. The number of amides is 2. The molecule has 0 unspecified atom stereocenters. The number of anilines is 2. The fourth-order valence-electron chi connectivity index (χ4n) is 2.17. The van der Waals surface area contributed by atoms with E-state index in [1.54, 1.807) is 12.1 Å². The van der Waals surface area contributed by atoms with E-state index in [-0.39, 0.29) is 5.69 Å². The molecule has 138 valence electrons. The second-order valence-corrected chi connectivity index (χ2v) is 6.36. The Balaban J connectivity index is 2.19. The van der Waals surface area contributed by atoms with Crippen LogP contribution in [0.1, 0.15) is 19.4 Å². The molecular formula is C19H20F2N2O3. The molecule has 2 rings (SSSR count). The molecule has 5 nitrogen and oxygen atoms in total. The second-order valence-electron chi connectivity index (χ2n) is 6.36. The summed E-state index contributed by atoms with van der Waals surface area (Å²) in [5.74, 6) is -2.56. The molecule has 0 aromatic heterocycles. The van der Waals surface area contributed by atoms with Gasteiger partial charge in [-0.2, -0.15) is 0 Å². The van der Waals surface area contributed by atoms with Gasteiger partial charge >= 0.3 is 0 Å². The summed E-state index contributed by atoms with van der Waals surface area (Å²) in [6.07, 6.45) is 0. The standard InChI is InChI=1S/C19H20F2N2O3/c1-11-5-8-16(26-4)15(9-11)23-18(25)19(2,3)17(24)22-14-7-6-12(20)10-13(14)21/h5-10H,1-4H3,(H,22,24)(H,23,25). The molecule has 2 aromatic rings. The minimum atomic E-state index is -1.52. The first kappa shape index (κ1) is 19.4. The third-order valence-electron chi connectivity index (χ3n) is 3.92. The first-order valence-corrected chi connectivity index (χ1v) is 7.87. The average Bonchev–Trinajstić information content (AvgIpc) is 2.57. The van der Waals surface area contributed by atoms with Crippen molar-refractivity contribution in [3.63, 3.8) is 0 Å². The van der Waals surface area contributed by atoms with Gasteiger partial charge in [0.15, 0.2) is 0 Å².